The van der Waals surface area contributed by atoms with Crippen molar-refractivity contribution in [3.8, 4) is 0 Å². The standard InChI is InChI=1S/C13H25N3O4/c1-13(2,3)7-8(14)6-11(18)16-9(12(19)20)4-5-10(15)17/h8-9H,4-7,14H2,1-3H3,(H2,15,17)(H,16,18)(H,19,20)/t8?,9-/m1/s1. The fourth-order valence-corrected chi connectivity index (χ4v) is 1.89. The smallest absolute Gasteiger partial charge is 0.326 e. The van der Waals surface area contributed by atoms with Crippen LogP contribution in [0.2, 0.25) is 0 Å². The van der Waals surface area contributed by atoms with Gasteiger partial charge in [-0.05, 0) is 18.3 Å². The van der Waals surface area contributed by atoms with Gasteiger partial charge in [-0.15, -0.1) is 0 Å². The Kier molecular flexibility index (Phi) is 7.20. The second-order valence-electron chi connectivity index (χ2n) is 6.19. The van der Waals surface area contributed by atoms with Crippen LogP contribution in [0.15, 0.2) is 0 Å². The summed E-state index contributed by atoms with van der Waals surface area (Å²) in [5.74, 6) is -2.22. The Morgan fingerprint density at radius 3 is 2.20 bits per heavy atom. The number of carbonyl (C=O) groups is 3. The van der Waals surface area contributed by atoms with Crippen molar-refractivity contribution in [2.75, 3.05) is 0 Å². The molecule has 0 aliphatic carbocycles. The number of rotatable bonds is 8. The van der Waals surface area contributed by atoms with E-state index in [-0.39, 0.29) is 30.7 Å². The second-order valence-corrected chi connectivity index (χ2v) is 6.19. The summed E-state index contributed by atoms with van der Waals surface area (Å²) < 4.78 is 0. The highest BCUT2D eigenvalue weighted by atomic mass is 16.4. The molecule has 0 saturated carbocycles. The number of amides is 2. The second kappa shape index (κ2) is 7.84. The van der Waals surface area contributed by atoms with Gasteiger partial charge in [0.25, 0.3) is 0 Å². The van der Waals surface area contributed by atoms with Crippen LogP contribution in [0.3, 0.4) is 0 Å². The van der Waals surface area contributed by atoms with E-state index in [4.69, 9.17) is 16.6 Å². The average molecular weight is 287 g/mol. The first-order valence-electron chi connectivity index (χ1n) is 6.57. The molecule has 0 heterocycles. The number of primary amides is 1. The van der Waals surface area contributed by atoms with Gasteiger partial charge in [0.05, 0.1) is 0 Å². The molecule has 20 heavy (non-hydrogen) atoms. The minimum atomic E-state index is -1.19. The van der Waals surface area contributed by atoms with Gasteiger partial charge < -0.3 is 21.9 Å². The van der Waals surface area contributed by atoms with Gasteiger partial charge in [0.1, 0.15) is 6.04 Å². The van der Waals surface area contributed by atoms with E-state index in [0.29, 0.717) is 6.42 Å². The van der Waals surface area contributed by atoms with Crippen molar-refractivity contribution < 1.29 is 19.5 Å². The molecule has 2 atom stereocenters. The highest BCUT2D eigenvalue weighted by molar-refractivity contribution is 5.84. The molecule has 7 nitrogen and oxygen atoms in total. The molecule has 0 rings (SSSR count). The average Bonchev–Trinajstić information content (AvgIpc) is 2.20. The minimum Gasteiger partial charge on any atom is -0.480 e. The molecule has 0 bridgehead atoms. The van der Waals surface area contributed by atoms with E-state index in [2.05, 4.69) is 5.32 Å². The molecule has 0 aromatic carbocycles. The highest BCUT2D eigenvalue weighted by Gasteiger charge is 2.23. The Morgan fingerprint density at radius 2 is 1.80 bits per heavy atom. The van der Waals surface area contributed by atoms with Crippen LogP contribution in [0.25, 0.3) is 0 Å². The maximum Gasteiger partial charge on any atom is 0.326 e. The van der Waals surface area contributed by atoms with Crippen LogP contribution in [0, 0.1) is 5.41 Å². The number of carboxylic acid groups (broad SMARTS) is 1. The number of nitrogens with two attached hydrogens (primary N) is 2. The molecule has 0 aromatic rings. The first-order valence-corrected chi connectivity index (χ1v) is 6.57. The van der Waals surface area contributed by atoms with E-state index < -0.39 is 23.8 Å². The molecule has 116 valence electrons. The van der Waals surface area contributed by atoms with Gasteiger partial charge in [-0.3, -0.25) is 9.59 Å². The van der Waals surface area contributed by atoms with Gasteiger partial charge in [-0.2, -0.15) is 0 Å². The summed E-state index contributed by atoms with van der Waals surface area (Å²) in [5.41, 5.74) is 10.8. The zero-order valence-corrected chi connectivity index (χ0v) is 12.3. The molecule has 0 spiro atoms. The van der Waals surface area contributed by atoms with E-state index in [1.54, 1.807) is 0 Å². The van der Waals surface area contributed by atoms with E-state index >= 15 is 0 Å². The fraction of sp³-hybridized carbons (Fsp3) is 0.769. The van der Waals surface area contributed by atoms with E-state index in [9.17, 15) is 14.4 Å². The largest absolute Gasteiger partial charge is 0.480 e. The zero-order chi connectivity index (χ0) is 15.9. The van der Waals surface area contributed by atoms with Gasteiger partial charge in [0.2, 0.25) is 11.8 Å². The molecular formula is C13H25N3O4. The third-order valence-electron chi connectivity index (χ3n) is 2.63. The lowest BCUT2D eigenvalue weighted by Gasteiger charge is -2.23. The normalized spacial score (nSPS) is 14.4. The molecule has 0 aromatic heterocycles. The van der Waals surface area contributed by atoms with Gasteiger partial charge in [-0.1, -0.05) is 20.8 Å². The summed E-state index contributed by atoms with van der Waals surface area (Å²) in [5, 5.41) is 11.3. The lowest BCUT2D eigenvalue weighted by molar-refractivity contribution is -0.142. The summed E-state index contributed by atoms with van der Waals surface area (Å²) in [6.45, 7) is 6.03. The Morgan fingerprint density at radius 1 is 1.25 bits per heavy atom. The highest BCUT2D eigenvalue weighted by Crippen LogP contribution is 2.20. The fourth-order valence-electron chi connectivity index (χ4n) is 1.89. The Balaban J connectivity index is 4.32. The van der Waals surface area contributed by atoms with Gasteiger partial charge in [0, 0.05) is 18.9 Å². The van der Waals surface area contributed by atoms with Crippen molar-refractivity contribution in [2.24, 2.45) is 16.9 Å². The summed E-state index contributed by atoms with van der Waals surface area (Å²) in [6, 6.07) is -1.45. The Hall–Kier alpha value is -1.63. The topological polar surface area (TPSA) is 136 Å². The van der Waals surface area contributed by atoms with Gasteiger partial charge in [0.15, 0.2) is 0 Å². The summed E-state index contributed by atoms with van der Waals surface area (Å²) in [7, 11) is 0. The maximum absolute atomic E-state index is 11.7. The molecule has 0 radical (unpaired) electrons. The Bertz CT molecular complexity index is 363. The number of aliphatic carboxylic acids is 1. The van der Waals surface area contributed by atoms with Crippen molar-refractivity contribution >= 4 is 17.8 Å². The number of carboxylic acids is 1. The van der Waals surface area contributed by atoms with Crippen molar-refractivity contribution in [3.05, 3.63) is 0 Å². The summed E-state index contributed by atoms with van der Waals surface area (Å²) >= 11 is 0. The summed E-state index contributed by atoms with van der Waals surface area (Å²) in [4.78, 5) is 33.3. The Labute approximate surface area is 119 Å². The summed E-state index contributed by atoms with van der Waals surface area (Å²) in [6.07, 6.45) is 0.591. The van der Waals surface area contributed by atoms with Crippen LogP contribution >= 0.6 is 0 Å². The molecule has 6 N–H and O–H groups in total. The van der Waals surface area contributed by atoms with Crippen molar-refractivity contribution in [2.45, 2.75) is 58.5 Å². The van der Waals surface area contributed by atoms with E-state index in [1.807, 2.05) is 20.8 Å². The van der Waals surface area contributed by atoms with Crippen LogP contribution in [0.5, 0.6) is 0 Å². The van der Waals surface area contributed by atoms with Crippen LogP contribution in [0.4, 0.5) is 0 Å². The SMILES string of the molecule is CC(C)(C)CC(N)CC(=O)N[C@H](CCC(N)=O)C(=O)O. The van der Waals surface area contributed by atoms with Gasteiger partial charge >= 0.3 is 5.97 Å². The maximum atomic E-state index is 11.7. The van der Waals surface area contributed by atoms with Crippen LogP contribution in [-0.4, -0.2) is 35.0 Å². The molecule has 2 amide bonds. The van der Waals surface area contributed by atoms with Crippen LogP contribution < -0.4 is 16.8 Å². The predicted octanol–water partition coefficient (Wildman–Crippen LogP) is -0.0251. The monoisotopic (exact) mass is 287 g/mol. The predicted molar refractivity (Wildman–Crippen MR) is 74.7 cm³/mol. The van der Waals surface area contributed by atoms with E-state index in [1.165, 1.54) is 0 Å². The molecule has 0 saturated heterocycles. The quantitative estimate of drug-likeness (QED) is 0.497. The van der Waals surface area contributed by atoms with Gasteiger partial charge in [-0.25, -0.2) is 4.79 Å². The third-order valence-corrected chi connectivity index (χ3v) is 2.63. The number of hydrogen-bond acceptors (Lipinski definition) is 4. The van der Waals surface area contributed by atoms with Crippen LogP contribution in [0.1, 0.15) is 46.5 Å². The number of nitrogens with one attached hydrogen (secondary N) is 1. The molecule has 0 aliphatic heterocycles. The lowest BCUT2D eigenvalue weighted by atomic mass is 9.87. The minimum absolute atomic E-state index is 0.00212. The number of carbonyl (C=O) groups excluding carboxylic acids is 2. The van der Waals surface area contributed by atoms with Crippen molar-refractivity contribution in [1.82, 2.24) is 5.32 Å². The molecule has 0 fully saturated rings. The first-order chi connectivity index (χ1) is 9.01. The van der Waals surface area contributed by atoms with Crippen molar-refractivity contribution in [1.29, 1.82) is 0 Å². The molecular weight excluding hydrogens is 262 g/mol. The van der Waals surface area contributed by atoms with Crippen LogP contribution in [-0.2, 0) is 14.4 Å². The molecule has 1 unspecified atom stereocenters. The van der Waals surface area contributed by atoms with E-state index in [0.717, 1.165) is 0 Å². The zero-order valence-electron chi connectivity index (χ0n) is 12.3. The third kappa shape index (κ3) is 9.32. The molecule has 0 aliphatic rings. The molecule has 7 heteroatoms. The lowest BCUT2D eigenvalue weighted by Crippen LogP contribution is -2.43. The number of hydrogen-bond donors (Lipinski definition) is 4. The van der Waals surface area contributed by atoms with Crippen molar-refractivity contribution in [3.63, 3.8) is 0 Å². The first kappa shape index (κ1) is 18.4.